The normalized spacial score (nSPS) is 19.1. The molecule has 0 spiro atoms. The van der Waals surface area contributed by atoms with E-state index in [0.29, 0.717) is 6.42 Å². The molecule has 1 heterocycles. The lowest BCUT2D eigenvalue weighted by molar-refractivity contribution is -0.125. The number of hydrogen-bond donors (Lipinski definition) is 1. The summed E-state index contributed by atoms with van der Waals surface area (Å²) in [7, 11) is 0. The van der Waals surface area contributed by atoms with Gasteiger partial charge in [0.1, 0.15) is 0 Å². The minimum Gasteiger partial charge on any atom is -0.296 e. The second kappa shape index (κ2) is 8.68. The first-order valence-corrected chi connectivity index (χ1v) is 7.28. The van der Waals surface area contributed by atoms with E-state index in [1.165, 1.54) is 18.4 Å². The fraction of sp³-hybridized carbons (Fsp3) is 0.625. The summed E-state index contributed by atoms with van der Waals surface area (Å²) < 4.78 is 0. The first-order valence-electron chi connectivity index (χ1n) is 7.28. The number of carbonyl (C=O) groups is 2. The first kappa shape index (κ1) is 15.7. The SMILES string of the molecule is C=C(CCC=CCCCC)CCC1CC(=O)NC1=O. The van der Waals surface area contributed by atoms with Crippen molar-refractivity contribution in [3.05, 3.63) is 24.3 Å². The number of allylic oxidation sites excluding steroid dienone is 3. The summed E-state index contributed by atoms with van der Waals surface area (Å²) in [5.41, 5.74) is 1.17. The zero-order chi connectivity index (χ0) is 14.1. The monoisotopic (exact) mass is 263 g/mol. The molecule has 19 heavy (non-hydrogen) atoms. The lowest BCUT2D eigenvalue weighted by Crippen LogP contribution is -2.22. The summed E-state index contributed by atoms with van der Waals surface area (Å²) in [5.74, 6) is -0.388. The highest BCUT2D eigenvalue weighted by Gasteiger charge is 2.29. The van der Waals surface area contributed by atoms with Crippen molar-refractivity contribution in [2.45, 2.75) is 58.3 Å². The number of hydrogen-bond acceptors (Lipinski definition) is 2. The molecule has 106 valence electrons. The van der Waals surface area contributed by atoms with E-state index < -0.39 is 0 Å². The summed E-state index contributed by atoms with van der Waals surface area (Å²) in [5, 5.41) is 2.34. The van der Waals surface area contributed by atoms with Gasteiger partial charge in [0.15, 0.2) is 0 Å². The number of imide groups is 1. The fourth-order valence-electron chi connectivity index (χ4n) is 2.19. The third-order valence-corrected chi connectivity index (χ3v) is 3.47. The van der Waals surface area contributed by atoms with E-state index in [1.807, 2.05) is 0 Å². The summed E-state index contributed by atoms with van der Waals surface area (Å²) >= 11 is 0. The van der Waals surface area contributed by atoms with Gasteiger partial charge in [-0.1, -0.05) is 44.1 Å². The molecule has 0 radical (unpaired) electrons. The Hall–Kier alpha value is -1.38. The fourth-order valence-corrected chi connectivity index (χ4v) is 2.19. The molecule has 1 rings (SSSR count). The van der Waals surface area contributed by atoms with Crippen LogP contribution in [0.25, 0.3) is 0 Å². The minimum absolute atomic E-state index is 0.114. The Bertz CT molecular complexity index is 358. The topological polar surface area (TPSA) is 46.2 Å². The van der Waals surface area contributed by atoms with Crippen LogP contribution in [0, 0.1) is 5.92 Å². The van der Waals surface area contributed by atoms with Gasteiger partial charge in [-0.15, -0.1) is 0 Å². The van der Waals surface area contributed by atoms with E-state index in [1.54, 1.807) is 0 Å². The minimum atomic E-state index is -0.139. The van der Waals surface area contributed by atoms with Crippen molar-refractivity contribution in [2.24, 2.45) is 5.92 Å². The van der Waals surface area contributed by atoms with Crippen LogP contribution in [-0.4, -0.2) is 11.8 Å². The van der Waals surface area contributed by atoms with E-state index in [9.17, 15) is 9.59 Å². The van der Waals surface area contributed by atoms with Gasteiger partial charge in [0.05, 0.1) is 0 Å². The highest BCUT2D eigenvalue weighted by molar-refractivity contribution is 6.03. The standard InChI is InChI=1S/C16H25NO2/c1-3-4-5-6-7-8-9-13(2)10-11-14-12-15(18)17-16(14)19/h6-7,14H,2-5,8-12H2,1H3,(H,17,18,19). The molecule has 1 unspecified atom stereocenters. The molecular formula is C16H25NO2. The zero-order valence-corrected chi connectivity index (χ0v) is 11.9. The second-order valence-electron chi connectivity index (χ2n) is 5.25. The molecule has 1 fully saturated rings. The molecule has 0 aromatic rings. The molecule has 3 nitrogen and oxygen atoms in total. The van der Waals surface area contributed by atoms with Gasteiger partial charge >= 0.3 is 0 Å². The van der Waals surface area contributed by atoms with Gasteiger partial charge in [0.25, 0.3) is 0 Å². The van der Waals surface area contributed by atoms with E-state index in [4.69, 9.17) is 0 Å². The molecule has 0 aromatic heterocycles. The van der Waals surface area contributed by atoms with Gasteiger partial charge in [-0.2, -0.15) is 0 Å². The molecule has 0 saturated carbocycles. The smallest absolute Gasteiger partial charge is 0.230 e. The Kier molecular flexibility index (Phi) is 7.16. The Morgan fingerprint density at radius 3 is 2.68 bits per heavy atom. The molecule has 1 saturated heterocycles. The van der Waals surface area contributed by atoms with Gasteiger partial charge in [-0.05, 0) is 32.1 Å². The predicted molar refractivity (Wildman–Crippen MR) is 77.5 cm³/mol. The van der Waals surface area contributed by atoms with Crippen molar-refractivity contribution in [1.29, 1.82) is 0 Å². The molecule has 0 bridgehead atoms. The molecule has 1 atom stereocenters. The molecule has 3 heteroatoms. The predicted octanol–water partition coefficient (Wildman–Crippen LogP) is 3.51. The lowest BCUT2D eigenvalue weighted by Gasteiger charge is -2.07. The molecule has 1 aliphatic heterocycles. The Morgan fingerprint density at radius 2 is 2.05 bits per heavy atom. The van der Waals surface area contributed by atoms with Gasteiger partial charge in [0.2, 0.25) is 11.8 Å². The number of nitrogens with one attached hydrogen (secondary N) is 1. The van der Waals surface area contributed by atoms with Crippen molar-refractivity contribution in [3.63, 3.8) is 0 Å². The van der Waals surface area contributed by atoms with Crippen molar-refractivity contribution in [2.75, 3.05) is 0 Å². The maximum Gasteiger partial charge on any atom is 0.230 e. The van der Waals surface area contributed by atoms with Crippen LogP contribution in [0.4, 0.5) is 0 Å². The highest BCUT2D eigenvalue weighted by Crippen LogP contribution is 2.21. The van der Waals surface area contributed by atoms with Crippen LogP contribution in [0.1, 0.15) is 58.3 Å². The molecule has 0 aliphatic carbocycles. The summed E-state index contributed by atoms with van der Waals surface area (Å²) in [4.78, 5) is 22.4. The van der Waals surface area contributed by atoms with Crippen molar-refractivity contribution < 1.29 is 9.59 Å². The van der Waals surface area contributed by atoms with Gasteiger partial charge in [0, 0.05) is 12.3 Å². The molecule has 0 aromatic carbocycles. The van der Waals surface area contributed by atoms with Crippen LogP contribution in [-0.2, 0) is 9.59 Å². The summed E-state index contributed by atoms with van der Waals surface area (Å²) in [6.45, 7) is 6.24. The first-order chi connectivity index (χ1) is 9.13. The molecule has 2 amide bonds. The molecular weight excluding hydrogens is 238 g/mol. The van der Waals surface area contributed by atoms with E-state index in [0.717, 1.165) is 32.1 Å². The third-order valence-electron chi connectivity index (χ3n) is 3.47. The van der Waals surface area contributed by atoms with Crippen LogP contribution in [0.5, 0.6) is 0 Å². The maximum absolute atomic E-state index is 11.4. The largest absolute Gasteiger partial charge is 0.296 e. The molecule has 1 aliphatic rings. The van der Waals surface area contributed by atoms with E-state index in [2.05, 4.69) is 31.0 Å². The second-order valence-corrected chi connectivity index (χ2v) is 5.25. The lowest BCUT2D eigenvalue weighted by atomic mass is 9.97. The average molecular weight is 263 g/mol. The van der Waals surface area contributed by atoms with Crippen molar-refractivity contribution in [3.8, 4) is 0 Å². The Labute approximate surface area is 116 Å². The van der Waals surface area contributed by atoms with Crippen molar-refractivity contribution >= 4 is 11.8 Å². The van der Waals surface area contributed by atoms with Crippen LogP contribution in [0.15, 0.2) is 24.3 Å². The third kappa shape index (κ3) is 6.37. The quantitative estimate of drug-likeness (QED) is 0.393. The average Bonchev–Trinajstić information content (AvgIpc) is 2.69. The van der Waals surface area contributed by atoms with Gasteiger partial charge in [-0.3, -0.25) is 14.9 Å². The van der Waals surface area contributed by atoms with Crippen molar-refractivity contribution in [1.82, 2.24) is 5.32 Å². The number of unbranched alkanes of at least 4 members (excludes halogenated alkanes) is 2. The zero-order valence-electron chi connectivity index (χ0n) is 11.9. The maximum atomic E-state index is 11.4. The molecule has 1 N–H and O–H groups in total. The van der Waals surface area contributed by atoms with Crippen LogP contribution in [0.2, 0.25) is 0 Å². The van der Waals surface area contributed by atoms with Crippen LogP contribution in [0.3, 0.4) is 0 Å². The summed E-state index contributed by atoms with van der Waals surface area (Å²) in [6.07, 6.45) is 12.0. The summed E-state index contributed by atoms with van der Waals surface area (Å²) in [6, 6.07) is 0. The van der Waals surface area contributed by atoms with Gasteiger partial charge < -0.3 is 0 Å². The van der Waals surface area contributed by atoms with E-state index in [-0.39, 0.29) is 17.7 Å². The van der Waals surface area contributed by atoms with Crippen LogP contribution < -0.4 is 5.32 Å². The van der Waals surface area contributed by atoms with Gasteiger partial charge in [-0.25, -0.2) is 0 Å². The number of rotatable bonds is 9. The number of carbonyl (C=O) groups excluding carboxylic acids is 2. The highest BCUT2D eigenvalue weighted by atomic mass is 16.2. The van der Waals surface area contributed by atoms with E-state index >= 15 is 0 Å². The Balaban J connectivity index is 2.09. The number of amides is 2. The Morgan fingerprint density at radius 1 is 1.32 bits per heavy atom. The van der Waals surface area contributed by atoms with Crippen LogP contribution >= 0.6 is 0 Å².